The zero-order valence-corrected chi connectivity index (χ0v) is 13.4. The third kappa shape index (κ3) is 7.28. The summed E-state index contributed by atoms with van der Waals surface area (Å²) in [6.07, 6.45) is 6.47. The van der Waals surface area contributed by atoms with E-state index in [2.05, 4.69) is 23.9 Å². The summed E-state index contributed by atoms with van der Waals surface area (Å²) in [5.41, 5.74) is 0. The second-order valence-electron chi connectivity index (χ2n) is 6.09. The van der Waals surface area contributed by atoms with Gasteiger partial charge in [0.15, 0.2) is 0 Å². The van der Waals surface area contributed by atoms with Crippen molar-refractivity contribution in [1.82, 2.24) is 10.0 Å². The van der Waals surface area contributed by atoms with Gasteiger partial charge in [-0.1, -0.05) is 26.7 Å². The van der Waals surface area contributed by atoms with E-state index in [4.69, 9.17) is 0 Å². The Hall–Kier alpha value is -0.130. The van der Waals surface area contributed by atoms with Crippen molar-refractivity contribution in [2.24, 2.45) is 5.92 Å². The summed E-state index contributed by atoms with van der Waals surface area (Å²) in [6, 6.07) is 0.568. The summed E-state index contributed by atoms with van der Waals surface area (Å²) >= 11 is 0. The summed E-state index contributed by atoms with van der Waals surface area (Å²) < 4.78 is 26.8. The van der Waals surface area contributed by atoms with Crippen LogP contribution in [-0.4, -0.2) is 32.8 Å². The first-order valence-electron chi connectivity index (χ1n) is 7.64. The van der Waals surface area contributed by atoms with Crippen molar-refractivity contribution >= 4 is 10.0 Å². The molecule has 1 aliphatic rings. The second kappa shape index (κ2) is 8.22. The predicted octanol–water partition coefficient (Wildman–Crippen LogP) is 2.26. The van der Waals surface area contributed by atoms with Gasteiger partial charge in [-0.15, -0.1) is 0 Å². The number of sulfonamides is 1. The van der Waals surface area contributed by atoms with Crippen molar-refractivity contribution in [2.45, 2.75) is 71.4 Å². The van der Waals surface area contributed by atoms with Crippen LogP contribution in [0.2, 0.25) is 0 Å². The molecule has 1 aliphatic carbocycles. The summed E-state index contributed by atoms with van der Waals surface area (Å²) in [7, 11) is -3.10. The number of rotatable bonds is 9. The molecule has 0 aromatic rings. The molecule has 0 radical (unpaired) electrons. The molecule has 0 saturated heterocycles. The molecule has 1 atom stereocenters. The summed E-state index contributed by atoms with van der Waals surface area (Å²) in [4.78, 5) is 0. The van der Waals surface area contributed by atoms with E-state index in [1.54, 1.807) is 0 Å². The maximum atomic E-state index is 12.0. The van der Waals surface area contributed by atoms with Crippen molar-refractivity contribution in [3.63, 3.8) is 0 Å². The lowest BCUT2D eigenvalue weighted by molar-refractivity contribution is 0.423. The molecule has 0 aromatic carbocycles. The summed E-state index contributed by atoms with van der Waals surface area (Å²) in [5.74, 6) is 0.793. The fourth-order valence-corrected chi connectivity index (χ4v) is 4.16. The van der Waals surface area contributed by atoms with Gasteiger partial charge < -0.3 is 5.32 Å². The van der Waals surface area contributed by atoms with Crippen LogP contribution in [0.4, 0.5) is 0 Å². The van der Waals surface area contributed by atoms with E-state index in [9.17, 15) is 8.42 Å². The molecule has 1 saturated carbocycles. The molecule has 0 bridgehead atoms. The molecule has 0 heterocycles. The second-order valence-corrected chi connectivity index (χ2v) is 7.96. The monoisotopic (exact) mass is 290 g/mol. The van der Waals surface area contributed by atoms with E-state index in [1.165, 1.54) is 25.7 Å². The van der Waals surface area contributed by atoms with Crippen LogP contribution in [-0.2, 0) is 10.0 Å². The van der Waals surface area contributed by atoms with Crippen LogP contribution in [0.5, 0.6) is 0 Å². The normalized spacial score (nSPS) is 19.2. The van der Waals surface area contributed by atoms with Crippen LogP contribution in [0.15, 0.2) is 0 Å². The van der Waals surface area contributed by atoms with Crippen molar-refractivity contribution in [3.05, 3.63) is 0 Å². The van der Waals surface area contributed by atoms with Gasteiger partial charge in [0.05, 0.1) is 5.75 Å². The SMILES string of the molecule is CC(C)NCCCCS(=O)(=O)NC(C)C1CCCC1. The minimum absolute atomic E-state index is 0.0984. The van der Waals surface area contributed by atoms with Crippen LogP contribution in [0, 0.1) is 5.92 Å². The molecular formula is C14H30N2O2S. The van der Waals surface area contributed by atoms with E-state index >= 15 is 0 Å². The van der Waals surface area contributed by atoms with E-state index in [0.717, 1.165) is 19.4 Å². The largest absolute Gasteiger partial charge is 0.315 e. The van der Waals surface area contributed by atoms with E-state index < -0.39 is 10.0 Å². The fraction of sp³-hybridized carbons (Fsp3) is 1.00. The van der Waals surface area contributed by atoms with Gasteiger partial charge in [-0.05, 0) is 45.1 Å². The highest BCUT2D eigenvalue weighted by atomic mass is 32.2. The van der Waals surface area contributed by atoms with Crippen molar-refractivity contribution < 1.29 is 8.42 Å². The number of nitrogens with one attached hydrogen (secondary N) is 2. The van der Waals surface area contributed by atoms with Gasteiger partial charge in [-0.25, -0.2) is 13.1 Å². The Morgan fingerprint density at radius 2 is 1.74 bits per heavy atom. The number of unbranched alkanes of at least 4 members (excludes halogenated alkanes) is 1. The summed E-state index contributed by atoms with van der Waals surface area (Å²) in [6.45, 7) is 7.10. The Morgan fingerprint density at radius 1 is 1.11 bits per heavy atom. The van der Waals surface area contributed by atoms with Crippen LogP contribution >= 0.6 is 0 Å². The standard InChI is InChI=1S/C14H30N2O2S/c1-12(2)15-10-6-7-11-19(17,18)16-13(3)14-8-4-5-9-14/h12-16H,4-11H2,1-3H3. The minimum Gasteiger partial charge on any atom is -0.315 e. The van der Waals surface area contributed by atoms with E-state index in [-0.39, 0.29) is 11.8 Å². The Morgan fingerprint density at radius 3 is 2.32 bits per heavy atom. The third-order valence-corrected chi connectivity index (χ3v) is 5.42. The van der Waals surface area contributed by atoms with Gasteiger partial charge in [-0.3, -0.25) is 0 Å². The average Bonchev–Trinajstić information content (AvgIpc) is 2.80. The molecule has 1 unspecified atom stereocenters. The van der Waals surface area contributed by atoms with Gasteiger partial charge in [0, 0.05) is 12.1 Å². The topological polar surface area (TPSA) is 58.2 Å². The van der Waals surface area contributed by atoms with Crippen molar-refractivity contribution in [3.8, 4) is 0 Å². The lowest BCUT2D eigenvalue weighted by Gasteiger charge is -2.20. The first kappa shape index (κ1) is 16.9. The lowest BCUT2D eigenvalue weighted by atomic mass is 10.0. The molecule has 1 fully saturated rings. The van der Waals surface area contributed by atoms with Gasteiger partial charge in [0.25, 0.3) is 0 Å². The Kier molecular flexibility index (Phi) is 7.32. The first-order valence-corrected chi connectivity index (χ1v) is 9.29. The molecule has 1 rings (SSSR count). The Bertz CT molecular complexity index is 335. The van der Waals surface area contributed by atoms with Gasteiger partial charge in [0.1, 0.15) is 0 Å². The zero-order chi connectivity index (χ0) is 14.3. The van der Waals surface area contributed by atoms with Gasteiger partial charge in [-0.2, -0.15) is 0 Å². The highest BCUT2D eigenvalue weighted by Gasteiger charge is 2.24. The molecule has 19 heavy (non-hydrogen) atoms. The predicted molar refractivity (Wildman–Crippen MR) is 80.7 cm³/mol. The summed E-state index contributed by atoms with van der Waals surface area (Å²) in [5, 5.41) is 3.30. The molecule has 5 heteroatoms. The number of hydrogen-bond acceptors (Lipinski definition) is 3. The Balaban J connectivity index is 2.19. The first-order chi connectivity index (χ1) is 8.91. The maximum absolute atomic E-state index is 12.0. The van der Waals surface area contributed by atoms with Gasteiger partial charge >= 0.3 is 0 Å². The van der Waals surface area contributed by atoms with Crippen LogP contribution in [0.25, 0.3) is 0 Å². The molecule has 114 valence electrons. The highest BCUT2D eigenvalue weighted by Crippen LogP contribution is 2.27. The molecule has 0 amide bonds. The molecular weight excluding hydrogens is 260 g/mol. The van der Waals surface area contributed by atoms with Crippen LogP contribution in [0.1, 0.15) is 59.3 Å². The highest BCUT2D eigenvalue weighted by molar-refractivity contribution is 7.89. The molecule has 2 N–H and O–H groups in total. The van der Waals surface area contributed by atoms with Crippen molar-refractivity contribution in [1.29, 1.82) is 0 Å². The molecule has 0 aromatic heterocycles. The van der Waals surface area contributed by atoms with Gasteiger partial charge in [0.2, 0.25) is 10.0 Å². The molecule has 4 nitrogen and oxygen atoms in total. The fourth-order valence-electron chi connectivity index (χ4n) is 2.70. The van der Waals surface area contributed by atoms with Crippen LogP contribution < -0.4 is 10.0 Å². The maximum Gasteiger partial charge on any atom is 0.211 e. The minimum atomic E-state index is -3.10. The lowest BCUT2D eigenvalue weighted by Crippen LogP contribution is -2.38. The smallest absolute Gasteiger partial charge is 0.211 e. The zero-order valence-electron chi connectivity index (χ0n) is 12.6. The van der Waals surface area contributed by atoms with Crippen LogP contribution in [0.3, 0.4) is 0 Å². The Labute approximate surface area is 118 Å². The van der Waals surface area contributed by atoms with Crippen molar-refractivity contribution in [2.75, 3.05) is 12.3 Å². The average molecular weight is 290 g/mol. The molecule has 0 aliphatic heterocycles. The van der Waals surface area contributed by atoms with E-state index in [1.807, 2.05) is 6.92 Å². The third-order valence-electron chi connectivity index (χ3n) is 3.86. The quantitative estimate of drug-likeness (QED) is 0.640. The molecule has 0 spiro atoms. The van der Waals surface area contributed by atoms with E-state index in [0.29, 0.717) is 12.0 Å². The number of hydrogen-bond donors (Lipinski definition) is 2.